The standard InChI is InChI=1S/C14H14Cl2N4O/c1-8(2)19-14(21)11-6-12(18-7-17-11)20-10-5-3-4-9(15)13(10)16/h3-8H,1-2H3,(H,19,21)(H,17,18,20). The van der Waals surface area contributed by atoms with Gasteiger partial charge in [0.05, 0.1) is 15.7 Å². The topological polar surface area (TPSA) is 66.9 Å². The van der Waals surface area contributed by atoms with Gasteiger partial charge in [-0.25, -0.2) is 9.97 Å². The van der Waals surface area contributed by atoms with Crippen LogP contribution in [-0.4, -0.2) is 21.9 Å². The van der Waals surface area contributed by atoms with Crippen LogP contribution in [0.5, 0.6) is 0 Å². The summed E-state index contributed by atoms with van der Waals surface area (Å²) in [5, 5.41) is 6.61. The van der Waals surface area contributed by atoms with Gasteiger partial charge >= 0.3 is 0 Å². The van der Waals surface area contributed by atoms with Crippen molar-refractivity contribution in [2.45, 2.75) is 19.9 Å². The van der Waals surface area contributed by atoms with Crippen molar-refractivity contribution >= 4 is 40.6 Å². The van der Waals surface area contributed by atoms with E-state index < -0.39 is 0 Å². The Balaban J connectivity index is 2.22. The molecule has 1 amide bonds. The van der Waals surface area contributed by atoms with Crippen molar-refractivity contribution in [3.8, 4) is 0 Å². The Kier molecular flexibility index (Phi) is 4.98. The minimum atomic E-state index is -0.257. The summed E-state index contributed by atoms with van der Waals surface area (Å²) < 4.78 is 0. The Morgan fingerprint density at radius 1 is 1.24 bits per heavy atom. The Hall–Kier alpha value is -1.85. The molecule has 0 aliphatic rings. The average Bonchev–Trinajstić information content (AvgIpc) is 2.43. The Bertz CT molecular complexity index is 661. The molecule has 0 unspecified atom stereocenters. The third-order valence-electron chi connectivity index (χ3n) is 2.53. The summed E-state index contributed by atoms with van der Waals surface area (Å²) in [7, 11) is 0. The van der Waals surface area contributed by atoms with Gasteiger partial charge in [0.25, 0.3) is 5.91 Å². The maximum Gasteiger partial charge on any atom is 0.270 e. The van der Waals surface area contributed by atoms with Gasteiger partial charge in [-0.1, -0.05) is 29.3 Å². The number of anilines is 2. The van der Waals surface area contributed by atoms with E-state index in [0.29, 0.717) is 21.6 Å². The van der Waals surface area contributed by atoms with Crippen LogP contribution < -0.4 is 10.6 Å². The predicted octanol–water partition coefficient (Wildman–Crippen LogP) is 3.67. The number of hydrogen-bond acceptors (Lipinski definition) is 4. The molecule has 2 N–H and O–H groups in total. The number of carbonyl (C=O) groups is 1. The van der Waals surface area contributed by atoms with Gasteiger partial charge in [0.1, 0.15) is 17.8 Å². The molecular weight excluding hydrogens is 311 g/mol. The molecule has 1 heterocycles. The Morgan fingerprint density at radius 3 is 2.71 bits per heavy atom. The van der Waals surface area contributed by atoms with Gasteiger partial charge < -0.3 is 10.6 Å². The summed E-state index contributed by atoms with van der Waals surface area (Å²) in [6.45, 7) is 3.76. The molecule has 2 aromatic rings. The van der Waals surface area contributed by atoms with Crippen molar-refractivity contribution in [3.05, 3.63) is 46.3 Å². The summed E-state index contributed by atoms with van der Waals surface area (Å²) in [5.74, 6) is 0.204. The van der Waals surface area contributed by atoms with Gasteiger partial charge in [0.2, 0.25) is 0 Å². The molecule has 0 saturated heterocycles. The van der Waals surface area contributed by atoms with Crippen LogP contribution >= 0.6 is 23.2 Å². The van der Waals surface area contributed by atoms with Gasteiger partial charge in [-0.2, -0.15) is 0 Å². The van der Waals surface area contributed by atoms with E-state index in [1.54, 1.807) is 24.3 Å². The van der Waals surface area contributed by atoms with Gasteiger partial charge in [0.15, 0.2) is 0 Å². The second-order valence-electron chi connectivity index (χ2n) is 4.64. The first kappa shape index (κ1) is 15.5. The molecule has 0 spiro atoms. The zero-order valence-electron chi connectivity index (χ0n) is 11.5. The van der Waals surface area contributed by atoms with Crippen LogP contribution in [0, 0.1) is 0 Å². The number of aromatic nitrogens is 2. The Morgan fingerprint density at radius 2 is 2.00 bits per heavy atom. The van der Waals surface area contributed by atoms with Crippen LogP contribution in [0.3, 0.4) is 0 Å². The average molecular weight is 325 g/mol. The number of rotatable bonds is 4. The van der Waals surface area contributed by atoms with E-state index in [1.807, 2.05) is 13.8 Å². The first-order valence-electron chi connectivity index (χ1n) is 6.31. The minimum Gasteiger partial charge on any atom is -0.349 e. The van der Waals surface area contributed by atoms with Crippen molar-refractivity contribution < 1.29 is 4.79 Å². The normalized spacial score (nSPS) is 10.5. The monoisotopic (exact) mass is 324 g/mol. The Labute approximate surface area is 132 Å². The van der Waals surface area contributed by atoms with Gasteiger partial charge in [-0.15, -0.1) is 0 Å². The van der Waals surface area contributed by atoms with Crippen LogP contribution in [0.1, 0.15) is 24.3 Å². The third-order valence-corrected chi connectivity index (χ3v) is 3.35. The SMILES string of the molecule is CC(C)NC(=O)c1cc(Nc2cccc(Cl)c2Cl)ncn1. The van der Waals surface area contributed by atoms with E-state index in [0.717, 1.165) is 0 Å². The summed E-state index contributed by atoms with van der Waals surface area (Å²) in [6, 6.07) is 6.81. The smallest absolute Gasteiger partial charge is 0.270 e. The molecule has 0 fully saturated rings. The van der Waals surface area contributed by atoms with Crippen molar-refractivity contribution in [2.75, 3.05) is 5.32 Å². The van der Waals surface area contributed by atoms with Gasteiger partial charge in [0, 0.05) is 12.1 Å². The number of hydrogen-bond donors (Lipinski definition) is 2. The van der Waals surface area contributed by atoms with E-state index in [-0.39, 0.29) is 17.6 Å². The minimum absolute atomic E-state index is 0.0336. The molecule has 0 radical (unpaired) electrons. The fraction of sp³-hybridized carbons (Fsp3) is 0.214. The largest absolute Gasteiger partial charge is 0.349 e. The maximum atomic E-state index is 11.9. The quantitative estimate of drug-likeness (QED) is 0.900. The number of nitrogens with one attached hydrogen (secondary N) is 2. The molecule has 7 heteroatoms. The molecule has 21 heavy (non-hydrogen) atoms. The number of amides is 1. The zero-order chi connectivity index (χ0) is 15.4. The van der Waals surface area contributed by atoms with E-state index in [9.17, 15) is 4.79 Å². The molecule has 1 aromatic carbocycles. The highest BCUT2D eigenvalue weighted by Gasteiger charge is 2.11. The molecule has 1 aromatic heterocycles. The highest BCUT2D eigenvalue weighted by Crippen LogP contribution is 2.31. The molecule has 0 aliphatic carbocycles. The number of carbonyl (C=O) groups excluding carboxylic acids is 1. The summed E-state index contributed by atoms with van der Waals surface area (Å²) >= 11 is 12.0. The van der Waals surface area contributed by atoms with E-state index >= 15 is 0 Å². The van der Waals surface area contributed by atoms with Gasteiger partial charge in [-0.3, -0.25) is 4.79 Å². The number of benzene rings is 1. The molecule has 0 aliphatic heterocycles. The van der Waals surface area contributed by atoms with Crippen molar-refractivity contribution in [3.63, 3.8) is 0 Å². The summed E-state index contributed by atoms with van der Waals surface area (Å²) in [4.78, 5) is 19.9. The van der Waals surface area contributed by atoms with E-state index in [1.165, 1.54) is 6.33 Å². The third kappa shape index (κ3) is 4.06. The summed E-state index contributed by atoms with van der Waals surface area (Å²) in [5.41, 5.74) is 0.887. The number of nitrogens with zero attached hydrogens (tertiary/aromatic N) is 2. The molecule has 2 rings (SSSR count). The first-order chi connectivity index (χ1) is 9.97. The highest BCUT2D eigenvalue weighted by atomic mass is 35.5. The fourth-order valence-corrected chi connectivity index (χ4v) is 1.97. The summed E-state index contributed by atoms with van der Waals surface area (Å²) in [6.07, 6.45) is 1.32. The lowest BCUT2D eigenvalue weighted by Gasteiger charge is -2.10. The van der Waals surface area contributed by atoms with Crippen molar-refractivity contribution in [1.82, 2.24) is 15.3 Å². The fourth-order valence-electron chi connectivity index (χ4n) is 1.62. The molecule has 110 valence electrons. The number of halogens is 2. The lowest BCUT2D eigenvalue weighted by atomic mass is 10.3. The van der Waals surface area contributed by atoms with E-state index in [2.05, 4.69) is 20.6 Å². The first-order valence-corrected chi connectivity index (χ1v) is 7.07. The molecule has 0 atom stereocenters. The van der Waals surface area contributed by atoms with Crippen LogP contribution in [0.15, 0.2) is 30.6 Å². The molecule has 0 bridgehead atoms. The second kappa shape index (κ2) is 6.74. The van der Waals surface area contributed by atoms with Crippen LogP contribution in [0.25, 0.3) is 0 Å². The molecule has 0 saturated carbocycles. The van der Waals surface area contributed by atoms with Crippen LogP contribution in [0.2, 0.25) is 10.0 Å². The lowest BCUT2D eigenvalue weighted by molar-refractivity contribution is 0.0938. The second-order valence-corrected chi connectivity index (χ2v) is 5.43. The van der Waals surface area contributed by atoms with Gasteiger partial charge in [-0.05, 0) is 26.0 Å². The zero-order valence-corrected chi connectivity index (χ0v) is 13.0. The highest BCUT2D eigenvalue weighted by molar-refractivity contribution is 6.43. The van der Waals surface area contributed by atoms with E-state index in [4.69, 9.17) is 23.2 Å². The van der Waals surface area contributed by atoms with Crippen molar-refractivity contribution in [2.24, 2.45) is 0 Å². The van der Waals surface area contributed by atoms with Crippen LogP contribution in [0.4, 0.5) is 11.5 Å². The molecule has 5 nitrogen and oxygen atoms in total. The maximum absolute atomic E-state index is 11.9. The molecular formula is C14H14Cl2N4O. The van der Waals surface area contributed by atoms with Crippen LogP contribution in [-0.2, 0) is 0 Å². The van der Waals surface area contributed by atoms with Crippen molar-refractivity contribution in [1.29, 1.82) is 0 Å². The predicted molar refractivity (Wildman–Crippen MR) is 84.4 cm³/mol. The lowest BCUT2D eigenvalue weighted by Crippen LogP contribution is -2.30.